The number of H-pyrrole nitrogens is 1. The van der Waals surface area contributed by atoms with Gasteiger partial charge >= 0.3 is 6.02 Å². The molecule has 1 fully saturated rings. The topological polar surface area (TPSA) is 91.2 Å². The fraction of sp³-hybridized carbons (Fsp3) is 0.300. The molecule has 5 rings (SSSR count). The first-order valence-electron chi connectivity index (χ1n) is 9.55. The first-order chi connectivity index (χ1) is 14.4. The van der Waals surface area contributed by atoms with E-state index in [1.54, 1.807) is 18.9 Å². The highest BCUT2D eigenvalue weighted by atomic mass is 16.5. The Labute approximate surface area is 167 Å². The number of hydrogen-bond acceptors (Lipinski definition) is 8. The number of anilines is 1. The molecule has 1 N–H and O–H groups in total. The van der Waals surface area contributed by atoms with Gasteiger partial charge in [-0.2, -0.15) is 4.99 Å². The first-order valence-corrected chi connectivity index (χ1v) is 9.55. The fourth-order valence-corrected chi connectivity index (χ4v) is 3.48. The summed E-state index contributed by atoms with van der Waals surface area (Å²) >= 11 is 0. The van der Waals surface area contributed by atoms with E-state index < -0.39 is 0 Å². The molecule has 0 saturated carbocycles. The number of nitrogens with one attached hydrogen (secondary N) is 1. The number of amidine groups is 1. The zero-order chi connectivity index (χ0) is 19.5. The van der Waals surface area contributed by atoms with Crippen LogP contribution in [0.4, 0.5) is 5.69 Å². The van der Waals surface area contributed by atoms with Crippen LogP contribution in [0.5, 0.6) is 0 Å². The first kappa shape index (κ1) is 17.8. The van der Waals surface area contributed by atoms with Crippen LogP contribution in [0.3, 0.4) is 0 Å². The summed E-state index contributed by atoms with van der Waals surface area (Å²) in [6, 6.07) is 12.3. The zero-order valence-electron chi connectivity index (χ0n) is 15.8. The van der Waals surface area contributed by atoms with Crippen LogP contribution in [0.1, 0.15) is 5.69 Å². The number of imidazole rings is 1. The average Bonchev–Trinajstić information content (AvgIpc) is 3.26. The second kappa shape index (κ2) is 7.98. The largest absolute Gasteiger partial charge is 0.458 e. The van der Waals surface area contributed by atoms with Gasteiger partial charge in [-0.3, -0.25) is 14.8 Å². The van der Waals surface area contributed by atoms with E-state index >= 15 is 0 Å². The van der Waals surface area contributed by atoms with Crippen molar-refractivity contribution >= 4 is 29.1 Å². The van der Waals surface area contributed by atoms with Crippen molar-refractivity contribution in [3.63, 3.8) is 0 Å². The van der Waals surface area contributed by atoms with Crippen molar-refractivity contribution in [2.75, 3.05) is 31.2 Å². The minimum atomic E-state index is -0.254. The van der Waals surface area contributed by atoms with Crippen molar-refractivity contribution in [1.82, 2.24) is 19.9 Å². The number of hydrogen-bond donors (Lipinski definition) is 1. The van der Waals surface area contributed by atoms with E-state index in [0.717, 1.165) is 35.5 Å². The van der Waals surface area contributed by atoms with Gasteiger partial charge in [0.2, 0.25) is 0 Å². The number of benzene rings is 1. The molecule has 0 radical (unpaired) electrons. The molecule has 3 aromatic rings. The molecular weight excluding hydrogens is 370 g/mol. The van der Waals surface area contributed by atoms with Crippen molar-refractivity contribution < 1.29 is 9.47 Å². The average molecular weight is 391 g/mol. The lowest BCUT2D eigenvalue weighted by molar-refractivity contribution is 0.0189. The molecule has 0 bridgehead atoms. The predicted molar refractivity (Wildman–Crippen MR) is 110 cm³/mol. The molecule has 2 aliphatic heterocycles. The molecule has 148 valence electrons. The minimum absolute atomic E-state index is 0.254. The summed E-state index contributed by atoms with van der Waals surface area (Å²) in [7, 11) is 0. The number of pyridine rings is 1. The molecule has 29 heavy (non-hydrogen) atoms. The summed E-state index contributed by atoms with van der Waals surface area (Å²) in [5.41, 5.74) is 3.62. The molecular formula is C20H21N7O2. The summed E-state index contributed by atoms with van der Waals surface area (Å²) in [6.45, 7) is 3.27. The van der Waals surface area contributed by atoms with E-state index in [1.165, 1.54) is 0 Å². The SMILES string of the molecule is C1=NC(N2CCOCC2)N(c2ccc3nc[nH]c3c2)C(OCc2ccccn2)=N1. The number of aliphatic imine (C=N–C) groups is 2. The Morgan fingerprint density at radius 3 is 2.93 bits per heavy atom. The van der Waals surface area contributed by atoms with Crippen LogP contribution in [-0.2, 0) is 16.1 Å². The van der Waals surface area contributed by atoms with Crippen molar-refractivity contribution in [3.8, 4) is 0 Å². The van der Waals surface area contributed by atoms with Crippen LogP contribution >= 0.6 is 0 Å². The summed E-state index contributed by atoms with van der Waals surface area (Å²) in [4.78, 5) is 25.2. The lowest BCUT2D eigenvalue weighted by Gasteiger charge is -2.40. The summed E-state index contributed by atoms with van der Waals surface area (Å²) in [5.74, 6) is 0. The third kappa shape index (κ3) is 3.69. The van der Waals surface area contributed by atoms with Crippen LogP contribution in [-0.4, -0.2) is 64.8 Å². The summed E-state index contributed by atoms with van der Waals surface area (Å²) < 4.78 is 11.6. The molecule has 1 atom stereocenters. The Balaban J connectivity index is 1.47. The molecule has 1 unspecified atom stereocenters. The van der Waals surface area contributed by atoms with Gasteiger partial charge in [0.25, 0.3) is 0 Å². The Hall–Kier alpha value is -3.30. The third-order valence-corrected chi connectivity index (χ3v) is 4.93. The predicted octanol–water partition coefficient (Wildman–Crippen LogP) is 1.99. The standard InChI is InChI=1S/C20H21N7O2/c1-2-6-21-15(3-1)12-29-20-25-14-24-19(26-7-9-28-10-8-26)27(20)16-4-5-17-18(11-16)23-13-22-17/h1-6,11,13-14,19H,7-10,12H2,(H,22,23). The maximum atomic E-state index is 6.09. The highest BCUT2D eigenvalue weighted by Gasteiger charge is 2.33. The summed E-state index contributed by atoms with van der Waals surface area (Å²) in [6.07, 6.45) is 4.76. The van der Waals surface area contributed by atoms with Gasteiger partial charge in [-0.25, -0.2) is 9.98 Å². The number of nitrogens with zero attached hydrogens (tertiary/aromatic N) is 6. The lowest BCUT2D eigenvalue weighted by Crippen LogP contribution is -2.55. The minimum Gasteiger partial charge on any atom is -0.458 e. The molecule has 1 saturated heterocycles. The lowest BCUT2D eigenvalue weighted by atomic mass is 10.2. The second-order valence-electron chi connectivity index (χ2n) is 6.75. The van der Waals surface area contributed by atoms with E-state index in [9.17, 15) is 0 Å². The molecule has 9 heteroatoms. The van der Waals surface area contributed by atoms with E-state index in [-0.39, 0.29) is 6.29 Å². The maximum Gasteiger partial charge on any atom is 0.301 e. The fourth-order valence-electron chi connectivity index (χ4n) is 3.48. The van der Waals surface area contributed by atoms with E-state index in [0.29, 0.717) is 25.8 Å². The van der Waals surface area contributed by atoms with Gasteiger partial charge in [0, 0.05) is 19.3 Å². The monoisotopic (exact) mass is 391 g/mol. The van der Waals surface area contributed by atoms with Crippen molar-refractivity contribution in [3.05, 3.63) is 54.6 Å². The van der Waals surface area contributed by atoms with Crippen LogP contribution in [0.15, 0.2) is 58.9 Å². The van der Waals surface area contributed by atoms with Gasteiger partial charge in [-0.1, -0.05) is 6.07 Å². The zero-order valence-corrected chi connectivity index (χ0v) is 15.8. The maximum absolute atomic E-state index is 6.09. The van der Waals surface area contributed by atoms with Gasteiger partial charge in [-0.15, -0.1) is 0 Å². The highest BCUT2D eigenvalue weighted by molar-refractivity contribution is 5.99. The van der Waals surface area contributed by atoms with Crippen LogP contribution < -0.4 is 4.90 Å². The van der Waals surface area contributed by atoms with Crippen LogP contribution in [0.2, 0.25) is 0 Å². The Morgan fingerprint density at radius 1 is 1.14 bits per heavy atom. The smallest absolute Gasteiger partial charge is 0.301 e. The van der Waals surface area contributed by atoms with Crippen molar-refractivity contribution in [1.29, 1.82) is 0 Å². The normalized spacial score (nSPS) is 20.1. The molecule has 2 aliphatic rings. The van der Waals surface area contributed by atoms with Gasteiger partial charge in [0.1, 0.15) is 12.9 Å². The number of aromatic nitrogens is 3. The Morgan fingerprint density at radius 2 is 2.07 bits per heavy atom. The second-order valence-corrected chi connectivity index (χ2v) is 6.75. The van der Waals surface area contributed by atoms with Gasteiger partial charge in [0.05, 0.1) is 42.0 Å². The number of fused-ring (bicyclic) bond motifs is 1. The number of morpholine rings is 1. The van der Waals surface area contributed by atoms with Gasteiger partial charge < -0.3 is 14.5 Å². The molecule has 0 amide bonds. The summed E-state index contributed by atoms with van der Waals surface area (Å²) in [5, 5.41) is 0. The Bertz CT molecular complexity index is 1030. The quantitative estimate of drug-likeness (QED) is 0.731. The number of rotatable bonds is 4. The van der Waals surface area contributed by atoms with E-state index in [4.69, 9.17) is 9.47 Å². The number of aromatic amines is 1. The molecule has 0 aliphatic carbocycles. The highest BCUT2D eigenvalue weighted by Crippen LogP contribution is 2.26. The van der Waals surface area contributed by atoms with E-state index in [1.807, 2.05) is 41.3 Å². The van der Waals surface area contributed by atoms with Crippen molar-refractivity contribution in [2.24, 2.45) is 9.98 Å². The third-order valence-electron chi connectivity index (χ3n) is 4.93. The van der Waals surface area contributed by atoms with Crippen molar-refractivity contribution in [2.45, 2.75) is 12.9 Å². The molecule has 4 heterocycles. The van der Waals surface area contributed by atoms with Crippen LogP contribution in [0.25, 0.3) is 11.0 Å². The molecule has 9 nitrogen and oxygen atoms in total. The van der Waals surface area contributed by atoms with Crippen LogP contribution in [0, 0.1) is 0 Å². The number of ether oxygens (including phenoxy) is 2. The molecule has 1 aromatic carbocycles. The van der Waals surface area contributed by atoms with Gasteiger partial charge in [0.15, 0.2) is 6.29 Å². The Kier molecular flexibility index (Phi) is 4.89. The molecule has 2 aromatic heterocycles. The molecule has 0 spiro atoms. The van der Waals surface area contributed by atoms with E-state index in [2.05, 4.69) is 29.8 Å². The van der Waals surface area contributed by atoms with Gasteiger partial charge in [-0.05, 0) is 30.3 Å².